The highest BCUT2D eigenvalue weighted by Crippen LogP contribution is 2.25. The predicted octanol–water partition coefficient (Wildman–Crippen LogP) is 5.74. The van der Waals surface area contributed by atoms with Crippen LogP contribution in [0.25, 0.3) is 11.1 Å². The Hall–Kier alpha value is -2.07. The summed E-state index contributed by atoms with van der Waals surface area (Å²) in [6.45, 7) is 2.25. The number of rotatable bonds is 7. The first-order valence-corrected chi connectivity index (χ1v) is 7.93. The lowest BCUT2D eigenvalue weighted by molar-refractivity contribution is 0.632. The van der Waals surface area contributed by atoms with Crippen LogP contribution >= 0.6 is 0 Å². The molecule has 0 aromatic heterocycles. The van der Waals surface area contributed by atoms with Gasteiger partial charge >= 0.3 is 0 Å². The van der Waals surface area contributed by atoms with Crippen LogP contribution in [-0.2, 0) is 6.42 Å². The zero-order valence-corrected chi connectivity index (χ0v) is 12.8. The van der Waals surface area contributed by atoms with Crippen LogP contribution in [0.3, 0.4) is 0 Å². The molecule has 0 fully saturated rings. The standard InChI is InChI=1S/C20H23N/c1-2-3-4-5-6-9-18-10-7-8-11-20(18)19-14-12-17(16-21)13-15-19/h7-8,10-15H,2-6,9H2,1H3. The summed E-state index contributed by atoms with van der Waals surface area (Å²) < 4.78 is 0. The average Bonchev–Trinajstić information content (AvgIpc) is 2.55. The number of nitrogens with zero attached hydrogens (tertiary/aromatic N) is 1. The summed E-state index contributed by atoms with van der Waals surface area (Å²) in [5.74, 6) is 0. The van der Waals surface area contributed by atoms with E-state index >= 15 is 0 Å². The van der Waals surface area contributed by atoms with Crippen molar-refractivity contribution in [2.24, 2.45) is 0 Å². The molecular weight excluding hydrogens is 254 g/mol. The van der Waals surface area contributed by atoms with Crippen molar-refractivity contribution in [2.45, 2.75) is 45.4 Å². The molecule has 1 heteroatoms. The fraction of sp³-hybridized carbons (Fsp3) is 0.350. The van der Waals surface area contributed by atoms with E-state index in [9.17, 15) is 0 Å². The van der Waals surface area contributed by atoms with Crippen LogP contribution in [0.4, 0.5) is 0 Å². The third-order valence-corrected chi connectivity index (χ3v) is 3.89. The lowest BCUT2D eigenvalue weighted by atomic mass is 9.95. The fourth-order valence-electron chi connectivity index (χ4n) is 2.66. The Morgan fingerprint density at radius 3 is 2.29 bits per heavy atom. The van der Waals surface area contributed by atoms with E-state index in [0.717, 1.165) is 12.0 Å². The van der Waals surface area contributed by atoms with Gasteiger partial charge < -0.3 is 0 Å². The second-order valence-corrected chi connectivity index (χ2v) is 5.51. The lowest BCUT2D eigenvalue weighted by Crippen LogP contribution is -1.91. The van der Waals surface area contributed by atoms with E-state index in [1.54, 1.807) is 0 Å². The minimum absolute atomic E-state index is 0.718. The Labute approximate surface area is 128 Å². The van der Waals surface area contributed by atoms with E-state index in [-0.39, 0.29) is 0 Å². The number of aryl methyl sites for hydroxylation is 1. The summed E-state index contributed by atoms with van der Waals surface area (Å²) in [6.07, 6.45) is 7.69. The first-order valence-electron chi connectivity index (χ1n) is 7.93. The van der Waals surface area contributed by atoms with Crippen molar-refractivity contribution >= 4 is 0 Å². The molecule has 0 aliphatic rings. The van der Waals surface area contributed by atoms with Gasteiger partial charge in [0.1, 0.15) is 0 Å². The van der Waals surface area contributed by atoms with Gasteiger partial charge in [-0.3, -0.25) is 0 Å². The lowest BCUT2D eigenvalue weighted by Gasteiger charge is -2.10. The van der Waals surface area contributed by atoms with E-state index in [4.69, 9.17) is 5.26 Å². The van der Waals surface area contributed by atoms with Gasteiger partial charge in [0, 0.05) is 0 Å². The van der Waals surface area contributed by atoms with Gasteiger partial charge in [-0.25, -0.2) is 0 Å². The van der Waals surface area contributed by atoms with Crippen molar-refractivity contribution in [1.29, 1.82) is 5.26 Å². The summed E-state index contributed by atoms with van der Waals surface area (Å²) in [4.78, 5) is 0. The summed E-state index contributed by atoms with van der Waals surface area (Å²) >= 11 is 0. The van der Waals surface area contributed by atoms with Crippen LogP contribution in [0.5, 0.6) is 0 Å². The van der Waals surface area contributed by atoms with Gasteiger partial charge in [-0.2, -0.15) is 5.26 Å². The molecule has 2 aromatic carbocycles. The van der Waals surface area contributed by atoms with E-state index in [2.05, 4.69) is 49.4 Å². The molecule has 0 spiro atoms. The predicted molar refractivity (Wildman–Crippen MR) is 89.1 cm³/mol. The number of hydrogen-bond donors (Lipinski definition) is 0. The fourth-order valence-corrected chi connectivity index (χ4v) is 2.66. The molecule has 0 heterocycles. The van der Waals surface area contributed by atoms with Crippen LogP contribution in [0.15, 0.2) is 48.5 Å². The molecule has 0 radical (unpaired) electrons. The smallest absolute Gasteiger partial charge is 0.0991 e. The molecule has 0 N–H and O–H groups in total. The molecule has 21 heavy (non-hydrogen) atoms. The minimum Gasteiger partial charge on any atom is -0.192 e. The van der Waals surface area contributed by atoms with Gasteiger partial charge in [-0.05, 0) is 41.7 Å². The molecular formula is C20H23N. The van der Waals surface area contributed by atoms with Gasteiger partial charge in [0.15, 0.2) is 0 Å². The number of hydrogen-bond acceptors (Lipinski definition) is 1. The highest BCUT2D eigenvalue weighted by molar-refractivity contribution is 5.68. The molecule has 0 atom stereocenters. The van der Waals surface area contributed by atoms with Crippen molar-refractivity contribution in [1.82, 2.24) is 0 Å². The zero-order valence-electron chi connectivity index (χ0n) is 12.8. The number of benzene rings is 2. The topological polar surface area (TPSA) is 23.8 Å². The molecule has 1 nitrogen and oxygen atoms in total. The normalized spacial score (nSPS) is 10.3. The first kappa shape index (κ1) is 15.3. The third-order valence-electron chi connectivity index (χ3n) is 3.89. The largest absolute Gasteiger partial charge is 0.192 e. The highest BCUT2D eigenvalue weighted by atomic mass is 14.2. The second-order valence-electron chi connectivity index (χ2n) is 5.51. The van der Waals surface area contributed by atoms with E-state index in [1.807, 2.05) is 12.1 Å². The Morgan fingerprint density at radius 2 is 1.57 bits per heavy atom. The molecule has 0 unspecified atom stereocenters. The molecule has 0 saturated carbocycles. The average molecular weight is 277 g/mol. The summed E-state index contributed by atoms with van der Waals surface area (Å²) in [7, 11) is 0. The van der Waals surface area contributed by atoms with Crippen LogP contribution in [0, 0.1) is 11.3 Å². The zero-order chi connectivity index (χ0) is 14.9. The van der Waals surface area contributed by atoms with Gasteiger partial charge in [0.05, 0.1) is 11.6 Å². The highest BCUT2D eigenvalue weighted by Gasteiger charge is 2.04. The van der Waals surface area contributed by atoms with E-state index < -0.39 is 0 Å². The van der Waals surface area contributed by atoms with Crippen molar-refractivity contribution in [3.8, 4) is 17.2 Å². The molecule has 0 bridgehead atoms. The van der Waals surface area contributed by atoms with Crippen molar-refractivity contribution in [3.05, 3.63) is 59.7 Å². The number of nitriles is 1. The van der Waals surface area contributed by atoms with Gasteiger partial charge in [-0.1, -0.05) is 69.0 Å². The van der Waals surface area contributed by atoms with Crippen molar-refractivity contribution < 1.29 is 0 Å². The van der Waals surface area contributed by atoms with Gasteiger partial charge in [0.25, 0.3) is 0 Å². The summed E-state index contributed by atoms with van der Waals surface area (Å²) in [6, 6.07) is 18.7. The van der Waals surface area contributed by atoms with E-state index in [1.165, 1.54) is 48.8 Å². The second kappa shape index (κ2) is 8.27. The maximum absolute atomic E-state index is 8.89. The van der Waals surface area contributed by atoms with Crippen LogP contribution in [0.2, 0.25) is 0 Å². The Kier molecular flexibility index (Phi) is 6.03. The Morgan fingerprint density at radius 1 is 0.857 bits per heavy atom. The number of unbranched alkanes of at least 4 members (excludes halogenated alkanes) is 4. The van der Waals surface area contributed by atoms with Gasteiger partial charge in [-0.15, -0.1) is 0 Å². The Balaban J connectivity index is 2.07. The van der Waals surface area contributed by atoms with Gasteiger partial charge in [0.2, 0.25) is 0 Å². The Bertz CT molecular complexity index is 590. The maximum atomic E-state index is 8.89. The molecule has 0 aliphatic carbocycles. The molecule has 2 rings (SSSR count). The first-order chi connectivity index (χ1) is 10.3. The molecule has 2 aromatic rings. The quantitative estimate of drug-likeness (QED) is 0.592. The minimum atomic E-state index is 0.718. The molecule has 0 amide bonds. The molecule has 108 valence electrons. The van der Waals surface area contributed by atoms with Crippen LogP contribution in [-0.4, -0.2) is 0 Å². The maximum Gasteiger partial charge on any atom is 0.0991 e. The van der Waals surface area contributed by atoms with Crippen molar-refractivity contribution in [2.75, 3.05) is 0 Å². The van der Waals surface area contributed by atoms with E-state index in [0.29, 0.717) is 0 Å². The summed E-state index contributed by atoms with van der Waals surface area (Å²) in [5.41, 5.74) is 4.64. The SMILES string of the molecule is CCCCCCCc1ccccc1-c1ccc(C#N)cc1. The van der Waals surface area contributed by atoms with Crippen molar-refractivity contribution in [3.63, 3.8) is 0 Å². The van der Waals surface area contributed by atoms with Crippen LogP contribution in [0.1, 0.15) is 50.2 Å². The summed E-state index contributed by atoms with van der Waals surface area (Å²) in [5, 5.41) is 8.89. The molecule has 0 aliphatic heterocycles. The monoisotopic (exact) mass is 277 g/mol. The molecule has 0 saturated heterocycles. The van der Waals surface area contributed by atoms with Crippen LogP contribution < -0.4 is 0 Å². The third kappa shape index (κ3) is 4.46.